The minimum atomic E-state index is -0.533. The molecule has 2 N–H and O–H groups in total. The van der Waals surface area contributed by atoms with Crippen LogP contribution in [0.1, 0.15) is 26.2 Å². The number of hydrogen-bond acceptors (Lipinski definition) is 4. The molecule has 82 valence electrons. The standard InChI is InChI=1S/C10H19NO3/c1-2-14-10(12)9(11)5-6-13-7-8-3-4-8/h8-9H,2-7,11H2,1H3. The summed E-state index contributed by atoms with van der Waals surface area (Å²) in [6.45, 7) is 3.52. The SMILES string of the molecule is CCOC(=O)C(N)CCOCC1CC1. The summed E-state index contributed by atoms with van der Waals surface area (Å²) in [7, 11) is 0. The molecule has 1 atom stereocenters. The molecule has 0 radical (unpaired) electrons. The molecule has 1 aliphatic rings. The van der Waals surface area contributed by atoms with E-state index in [4.69, 9.17) is 15.2 Å². The van der Waals surface area contributed by atoms with Crippen molar-refractivity contribution in [1.82, 2.24) is 0 Å². The zero-order valence-corrected chi connectivity index (χ0v) is 8.70. The second-order valence-electron chi connectivity index (χ2n) is 3.67. The fourth-order valence-electron chi connectivity index (χ4n) is 1.11. The molecule has 0 aromatic rings. The van der Waals surface area contributed by atoms with E-state index in [9.17, 15) is 4.79 Å². The van der Waals surface area contributed by atoms with Crippen LogP contribution < -0.4 is 5.73 Å². The Morgan fingerprint density at radius 2 is 2.29 bits per heavy atom. The lowest BCUT2D eigenvalue weighted by atomic mass is 10.2. The highest BCUT2D eigenvalue weighted by Gasteiger charge is 2.21. The Morgan fingerprint density at radius 1 is 1.57 bits per heavy atom. The molecule has 0 saturated heterocycles. The van der Waals surface area contributed by atoms with Gasteiger partial charge in [0.2, 0.25) is 0 Å². The van der Waals surface area contributed by atoms with Crippen LogP contribution in [0.5, 0.6) is 0 Å². The third kappa shape index (κ3) is 4.58. The molecule has 0 amide bonds. The summed E-state index contributed by atoms with van der Waals surface area (Å²) in [6.07, 6.45) is 3.11. The lowest BCUT2D eigenvalue weighted by molar-refractivity contribution is -0.145. The first-order chi connectivity index (χ1) is 6.74. The first-order valence-corrected chi connectivity index (χ1v) is 5.24. The number of nitrogens with two attached hydrogens (primary N) is 1. The third-order valence-electron chi connectivity index (χ3n) is 2.21. The number of carbonyl (C=O) groups is 1. The summed E-state index contributed by atoms with van der Waals surface area (Å²) in [6, 6.07) is -0.533. The molecule has 0 bridgehead atoms. The summed E-state index contributed by atoms with van der Waals surface area (Å²) in [5.74, 6) is 0.427. The van der Waals surface area contributed by atoms with Crippen LogP contribution >= 0.6 is 0 Å². The van der Waals surface area contributed by atoms with Gasteiger partial charge in [-0.3, -0.25) is 4.79 Å². The van der Waals surface area contributed by atoms with Gasteiger partial charge in [-0.25, -0.2) is 0 Å². The van der Waals surface area contributed by atoms with Crippen molar-refractivity contribution < 1.29 is 14.3 Å². The molecule has 1 saturated carbocycles. The van der Waals surface area contributed by atoms with E-state index in [2.05, 4.69) is 0 Å². The zero-order valence-electron chi connectivity index (χ0n) is 8.70. The second-order valence-corrected chi connectivity index (χ2v) is 3.67. The van der Waals surface area contributed by atoms with Crippen molar-refractivity contribution >= 4 is 5.97 Å². The maximum atomic E-state index is 11.1. The van der Waals surface area contributed by atoms with Gasteiger partial charge in [0.15, 0.2) is 0 Å². The van der Waals surface area contributed by atoms with E-state index in [-0.39, 0.29) is 5.97 Å². The fraction of sp³-hybridized carbons (Fsp3) is 0.900. The summed E-state index contributed by atoms with van der Waals surface area (Å²) in [5, 5.41) is 0. The lowest BCUT2D eigenvalue weighted by Crippen LogP contribution is -2.33. The van der Waals surface area contributed by atoms with E-state index in [0.717, 1.165) is 12.5 Å². The van der Waals surface area contributed by atoms with Crippen LogP contribution in [0.15, 0.2) is 0 Å². The van der Waals surface area contributed by atoms with Crippen molar-refractivity contribution in [2.24, 2.45) is 11.7 Å². The highest BCUT2D eigenvalue weighted by Crippen LogP contribution is 2.28. The van der Waals surface area contributed by atoms with Crippen molar-refractivity contribution in [3.05, 3.63) is 0 Å². The summed E-state index contributed by atoms with van der Waals surface area (Å²) >= 11 is 0. The average Bonchev–Trinajstić information content (AvgIpc) is 2.96. The normalized spacial score (nSPS) is 17.9. The summed E-state index contributed by atoms with van der Waals surface area (Å²) in [4.78, 5) is 11.1. The molecule has 4 heteroatoms. The summed E-state index contributed by atoms with van der Waals surface area (Å²) in [5.41, 5.74) is 5.58. The fourth-order valence-corrected chi connectivity index (χ4v) is 1.11. The van der Waals surface area contributed by atoms with E-state index >= 15 is 0 Å². The minimum Gasteiger partial charge on any atom is -0.465 e. The van der Waals surface area contributed by atoms with Crippen LogP contribution in [-0.4, -0.2) is 31.8 Å². The molecule has 1 fully saturated rings. The second kappa shape index (κ2) is 5.98. The zero-order chi connectivity index (χ0) is 10.4. The molecule has 0 aliphatic heterocycles. The van der Waals surface area contributed by atoms with E-state index in [1.165, 1.54) is 12.8 Å². The van der Waals surface area contributed by atoms with E-state index in [1.807, 2.05) is 0 Å². The van der Waals surface area contributed by atoms with Crippen molar-refractivity contribution in [2.75, 3.05) is 19.8 Å². The number of carbonyl (C=O) groups excluding carboxylic acids is 1. The van der Waals surface area contributed by atoms with Gasteiger partial charge in [-0.1, -0.05) is 0 Å². The molecule has 0 aromatic heterocycles. The Bertz CT molecular complexity index is 180. The van der Waals surface area contributed by atoms with Crippen LogP contribution in [-0.2, 0) is 14.3 Å². The number of rotatable bonds is 7. The maximum absolute atomic E-state index is 11.1. The third-order valence-corrected chi connectivity index (χ3v) is 2.21. The largest absolute Gasteiger partial charge is 0.465 e. The van der Waals surface area contributed by atoms with Crippen LogP contribution in [0.25, 0.3) is 0 Å². The van der Waals surface area contributed by atoms with Crippen LogP contribution in [0.2, 0.25) is 0 Å². The smallest absolute Gasteiger partial charge is 0.322 e. The van der Waals surface area contributed by atoms with Crippen LogP contribution in [0.3, 0.4) is 0 Å². The Kier molecular flexibility index (Phi) is 4.90. The first-order valence-electron chi connectivity index (χ1n) is 5.24. The van der Waals surface area contributed by atoms with Crippen molar-refractivity contribution in [3.8, 4) is 0 Å². The summed E-state index contributed by atoms with van der Waals surface area (Å²) < 4.78 is 10.1. The van der Waals surface area contributed by atoms with Crippen molar-refractivity contribution in [2.45, 2.75) is 32.2 Å². The molecule has 0 spiro atoms. The van der Waals surface area contributed by atoms with E-state index < -0.39 is 6.04 Å². The predicted octanol–water partition coefficient (Wildman–Crippen LogP) is 0.693. The van der Waals surface area contributed by atoms with E-state index in [0.29, 0.717) is 19.6 Å². The van der Waals surface area contributed by atoms with Gasteiger partial charge < -0.3 is 15.2 Å². The monoisotopic (exact) mass is 201 g/mol. The van der Waals surface area contributed by atoms with Gasteiger partial charge in [-0.2, -0.15) is 0 Å². The molecular formula is C10H19NO3. The average molecular weight is 201 g/mol. The first kappa shape index (κ1) is 11.5. The van der Waals surface area contributed by atoms with Crippen LogP contribution in [0.4, 0.5) is 0 Å². The van der Waals surface area contributed by atoms with Gasteiger partial charge in [0, 0.05) is 13.2 Å². The highest BCUT2D eigenvalue weighted by atomic mass is 16.5. The van der Waals surface area contributed by atoms with Gasteiger partial charge in [0.05, 0.1) is 6.61 Å². The predicted molar refractivity (Wildman–Crippen MR) is 52.8 cm³/mol. The van der Waals surface area contributed by atoms with Gasteiger partial charge in [0.1, 0.15) is 6.04 Å². The molecule has 1 rings (SSSR count). The topological polar surface area (TPSA) is 61.5 Å². The molecule has 1 unspecified atom stereocenters. The Labute approximate surface area is 84.7 Å². The minimum absolute atomic E-state index is 0.331. The number of esters is 1. The van der Waals surface area contributed by atoms with Gasteiger partial charge in [0.25, 0.3) is 0 Å². The molecule has 14 heavy (non-hydrogen) atoms. The number of hydrogen-bond donors (Lipinski definition) is 1. The Hall–Kier alpha value is -0.610. The van der Waals surface area contributed by atoms with Crippen molar-refractivity contribution in [3.63, 3.8) is 0 Å². The van der Waals surface area contributed by atoms with E-state index in [1.54, 1.807) is 6.92 Å². The van der Waals surface area contributed by atoms with Gasteiger partial charge in [-0.05, 0) is 32.1 Å². The quantitative estimate of drug-likeness (QED) is 0.486. The molecule has 0 heterocycles. The Morgan fingerprint density at radius 3 is 2.86 bits per heavy atom. The van der Waals surface area contributed by atoms with Crippen LogP contribution in [0, 0.1) is 5.92 Å². The maximum Gasteiger partial charge on any atom is 0.322 e. The molecule has 0 aromatic carbocycles. The van der Waals surface area contributed by atoms with Crippen molar-refractivity contribution in [1.29, 1.82) is 0 Å². The molecule has 1 aliphatic carbocycles. The molecule has 4 nitrogen and oxygen atoms in total. The van der Waals surface area contributed by atoms with Gasteiger partial charge in [-0.15, -0.1) is 0 Å². The molecular weight excluding hydrogens is 182 g/mol. The Balaban J connectivity index is 1.95. The lowest BCUT2D eigenvalue weighted by Gasteiger charge is -2.10. The number of ether oxygens (including phenoxy) is 2. The highest BCUT2D eigenvalue weighted by molar-refractivity contribution is 5.75. The van der Waals surface area contributed by atoms with Gasteiger partial charge >= 0.3 is 5.97 Å².